The molecule has 0 saturated carbocycles. The van der Waals surface area contributed by atoms with E-state index in [0.717, 1.165) is 5.75 Å². The quantitative estimate of drug-likeness (QED) is 0.861. The number of urea groups is 1. The summed E-state index contributed by atoms with van der Waals surface area (Å²) < 4.78 is 5.53. The maximum Gasteiger partial charge on any atom is 0.325 e. The molecule has 112 valence electrons. The van der Waals surface area contributed by atoms with Crippen LogP contribution in [-0.2, 0) is 4.79 Å². The predicted octanol–water partition coefficient (Wildman–Crippen LogP) is 2.15. The molecule has 2 aliphatic heterocycles. The standard InChI is InChI=1S/C14H15ClN2O3S/c15-10-2-1-3-11(8-10)20-6-5-17-12(18)14(16-13(17)19)4-7-21-9-14/h1-3,8H,4-7,9H2,(H,16,19)/t14-/m1/s1. The smallest absolute Gasteiger partial charge is 0.325 e. The number of nitrogens with one attached hydrogen (secondary N) is 1. The molecule has 2 saturated heterocycles. The Morgan fingerprint density at radius 1 is 1.43 bits per heavy atom. The fraction of sp³-hybridized carbons (Fsp3) is 0.429. The molecule has 7 heteroatoms. The molecule has 21 heavy (non-hydrogen) atoms. The van der Waals surface area contributed by atoms with Crippen molar-refractivity contribution in [3.8, 4) is 5.75 Å². The van der Waals surface area contributed by atoms with Gasteiger partial charge < -0.3 is 10.1 Å². The van der Waals surface area contributed by atoms with Crippen molar-refractivity contribution in [1.29, 1.82) is 0 Å². The van der Waals surface area contributed by atoms with Crippen molar-refractivity contribution < 1.29 is 14.3 Å². The fourth-order valence-electron chi connectivity index (χ4n) is 2.52. The molecular weight excluding hydrogens is 312 g/mol. The summed E-state index contributed by atoms with van der Waals surface area (Å²) in [7, 11) is 0. The molecule has 0 aromatic heterocycles. The lowest BCUT2D eigenvalue weighted by molar-refractivity contribution is -0.130. The monoisotopic (exact) mass is 326 g/mol. The third kappa shape index (κ3) is 2.82. The number of hydrogen-bond acceptors (Lipinski definition) is 4. The average Bonchev–Trinajstić information content (AvgIpc) is 3.00. The number of carbonyl (C=O) groups is 2. The van der Waals surface area contributed by atoms with E-state index in [2.05, 4.69) is 5.32 Å². The molecule has 1 atom stereocenters. The minimum atomic E-state index is -0.683. The molecular formula is C14H15ClN2O3S. The van der Waals surface area contributed by atoms with Gasteiger partial charge in [0.05, 0.1) is 6.54 Å². The highest BCUT2D eigenvalue weighted by atomic mass is 35.5. The minimum absolute atomic E-state index is 0.132. The van der Waals surface area contributed by atoms with Crippen molar-refractivity contribution in [2.24, 2.45) is 0 Å². The van der Waals surface area contributed by atoms with Crippen LogP contribution in [-0.4, -0.2) is 47.0 Å². The first-order valence-electron chi connectivity index (χ1n) is 6.71. The predicted molar refractivity (Wildman–Crippen MR) is 81.9 cm³/mol. The van der Waals surface area contributed by atoms with Crippen LogP contribution in [0.3, 0.4) is 0 Å². The summed E-state index contributed by atoms with van der Waals surface area (Å²) in [6.07, 6.45) is 0.702. The van der Waals surface area contributed by atoms with E-state index in [-0.39, 0.29) is 25.1 Å². The number of nitrogens with zero attached hydrogens (tertiary/aromatic N) is 1. The van der Waals surface area contributed by atoms with Crippen LogP contribution in [0.25, 0.3) is 0 Å². The van der Waals surface area contributed by atoms with Crippen molar-refractivity contribution in [3.05, 3.63) is 29.3 Å². The van der Waals surface area contributed by atoms with Gasteiger partial charge in [0.15, 0.2) is 0 Å². The number of benzene rings is 1. The molecule has 5 nitrogen and oxygen atoms in total. The van der Waals surface area contributed by atoms with Crippen LogP contribution < -0.4 is 10.1 Å². The maximum atomic E-state index is 12.4. The van der Waals surface area contributed by atoms with E-state index in [4.69, 9.17) is 16.3 Å². The number of imide groups is 1. The lowest BCUT2D eigenvalue weighted by Gasteiger charge is -2.19. The van der Waals surface area contributed by atoms with Gasteiger partial charge in [-0.05, 0) is 30.4 Å². The highest BCUT2D eigenvalue weighted by molar-refractivity contribution is 7.99. The van der Waals surface area contributed by atoms with Crippen molar-refractivity contribution in [2.75, 3.05) is 24.7 Å². The highest BCUT2D eigenvalue weighted by Gasteiger charge is 2.52. The Morgan fingerprint density at radius 2 is 2.29 bits per heavy atom. The van der Waals surface area contributed by atoms with Crippen LogP contribution in [0.2, 0.25) is 5.02 Å². The van der Waals surface area contributed by atoms with Gasteiger partial charge in [-0.15, -0.1) is 0 Å². The number of rotatable bonds is 4. The lowest BCUT2D eigenvalue weighted by atomic mass is 9.99. The molecule has 2 fully saturated rings. The maximum absolute atomic E-state index is 12.4. The summed E-state index contributed by atoms with van der Waals surface area (Å²) in [5, 5.41) is 3.41. The molecule has 1 aromatic rings. The zero-order valence-electron chi connectivity index (χ0n) is 11.3. The second-order valence-corrected chi connectivity index (χ2v) is 6.62. The summed E-state index contributed by atoms with van der Waals surface area (Å²) in [5.41, 5.74) is -0.683. The van der Waals surface area contributed by atoms with Gasteiger partial charge in [-0.3, -0.25) is 9.69 Å². The second-order valence-electron chi connectivity index (χ2n) is 5.08. The summed E-state index contributed by atoms with van der Waals surface area (Å²) in [6.45, 7) is 0.492. The second kappa shape index (κ2) is 5.77. The molecule has 1 spiro atoms. The molecule has 1 aromatic carbocycles. The molecule has 0 radical (unpaired) electrons. The summed E-state index contributed by atoms with van der Waals surface area (Å²) >= 11 is 7.56. The molecule has 3 rings (SSSR count). The zero-order valence-corrected chi connectivity index (χ0v) is 12.9. The third-order valence-electron chi connectivity index (χ3n) is 3.65. The topological polar surface area (TPSA) is 58.6 Å². The lowest BCUT2D eigenvalue weighted by Crippen LogP contribution is -2.47. The molecule has 0 unspecified atom stereocenters. The van der Waals surface area contributed by atoms with Crippen LogP contribution >= 0.6 is 23.4 Å². The number of ether oxygens (including phenoxy) is 1. The average molecular weight is 327 g/mol. The Bertz CT molecular complexity index is 575. The highest BCUT2D eigenvalue weighted by Crippen LogP contribution is 2.33. The van der Waals surface area contributed by atoms with Gasteiger partial charge in [-0.1, -0.05) is 17.7 Å². The van der Waals surface area contributed by atoms with E-state index in [1.807, 2.05) is 0 Å². The Labute approximate surface area is 132 Å². The van der Waals surface area contributed by atoms with Gasteiger partial charge >= 0.3 is 6.03 Å². The van der Waals surface area contributed by atoms with Gasteiger partial charge in [0, 0.05) is 10.8 Å². The van der Waals surface area contributed by atoms with E-state index in [1.165, 1.54) is 4.90 Å². The first-order valence-corrected chi connectivity index (χ1v) is 8.24. The number of amides is 3. The van der Waals surface area contributed by atoms with Gasteiger partial charge in [-0.2, -0.15) is 11.8 Å². The molecule has 1 N–H and O–H groups in total. The van der Waals surface area contributed by atoms with Crippen molar-refractivity contribution in [2.45, 2.75) is 12.0 Å². The normalized spacial score (nSPS) is 24.7. The number of thioether (sulfide) groups is 1. The molecule has 3 amide bonds. The molecule has 2 aliphatic rings. The fourth-order valence-corrected chi connectivity index (χ4v) is 4.03. The molecule has 0 bridgehead atoms. The van der Waals surface area contributed by atoms with E-state index < -0.39 is 5.54 Å². The SMILES string of the molecule is O=C1N[C@@]2(CCSC2)C(=O)N1CCOc1cccc(Cl)c1. The van der Waals surface area contributed by atoms with Gasteiger partial charge in [0.1, 0.15) is 17.9 Å². The summed E-state index contributed by atoms with van der Waals surface area (Å²) in [4.78, 5) is 25.6. The number of carbonyl (C=O) groups excluding carboxylic acids is 2. The Hall–Kier alpha value is -1.40. The Balaban J connectivity index is 1.58. The molecule has 0 aliphatic carbocycles. The number of hydrogen-bond donors (Lipinski definition) is 1. The van der Waals surface area contributed by atoms with Crippen LogP contribution in [0.1, 0.15) is 6.42 Å². The van der Waals surface area contributed by atoms with Crippen molar-refractivity contribution in [1.82, 2.24) is 10.2 Å². The van der Waals surface area contributed by atoms with Crippen molar-refractivity contribution >= 4 is 35.3 Å². The van der Waals surface area contributed by atoms with E-state index in [9.17, 15) is 9.59 Å². The van der Waals surface area contributed by atoms with Crippen LogP contribution in [0.15, 0.2) is 24.3 Å². The van der Waals surface area contributed by atoms with E-state index in [1.54, 1.807) is 36.0 Å². The summed E-state index contributed by atoms with van der Waals surface area (Å²) in [6, 6.07) is 6.70. The first kappa shape index (κ1) is 14.5. The molecule has 2 heterocycles. The van der Waals surface area contributed by atoms with Crippen LogP contribution in [0, 0.1) is 0 Å². The zero-order chi connectivity index (χ0) is 14.9. The summed E-state index contributed by atoms with van der Waals surface area (Å²) in [5.74, 6) is 2.05. The van der Waals surface area contributed by atoms with E-state index in [0.29, 0.717) is 22.9 Å². The largest absolute Gasteiger partial charge is 0.492 e. The van der Waals surface area contributed by atoms with Crippen LogP contribution in [0.5, 0.6) is 5.75 Å². The minimum Gasteiger partial charge on any atom is -0.492 e. The number of halogens is 1. The van der Waals surface area contributed by atoms with Crippen LogP contribution in [0.4, 0.5) is 4.79 Å². The van der Waals surface area contributed by atoms with Gasteiger partial charge in [0.2, 0.25) is 0 Å². The van der Waals surface area contributed by atoms with E-state index >= 15 is 0 Å². The first-order chi connectivity index (χ1) is 10.1. The van der Waals surface area contributed by atoms with Crippen molar-refractivity contribution in [3.63, 3.8) is 0 Å². The Kier molecular flexibility index (Phi) is 3.99. The third-order valence-corrected chi connectivity index (χ3v) is 5.07. The Morgan fingerprint density at radius 3 is 3.00 bits per heavy atom. The van der Waals surface area contributed by atoms with Gasteiger partial charge in [-0.25, -0.2) is 4.79 Å². The van der Waals surface area contributed by atoms with Gasteiger partial charge in [0.25, 0.3) is 5.91 Å².